The van der Waals surface area contributed by atoms with Gasteiger partial charge in [-0.25, -0.2) is 4.79 Å². The van der Waals surface area contributed by atoms with Gasteiger partial charge in [0.15, 0.2) is 0 Å². The van der Waals surface area contributed by atoms with E-state index in [4.69, 9.17) is 10.8 Å². The lowest BCUT2D eigenvalue weighted by molar-refractivity contribution is -0.142. The highest BCUT2D eigenvalue weighted by atomic mass is 32.1. The van der Waals surface area contributed by atoms with Gasteiger partial charge >= 0.3 is 11.9 Å². The molecule has 0 saturated carbocycles. The van der Waals surface area contributed by atoms with Crippen LogP contribution in [0.5, 0.6) is 5.75 Å². The molecule has 12 nitrogen and oxygen atoms in total. The number of nitrogens with one attached hydrogen (secondary N) is 3. The maximum Gasteiger partial charge on any atom is 0.326 e. The Morgan fingerprint density at radius 3 is 2.03 bits per heavy atom. The minimum Gasteiger partial charge on any atom is -0.508 e. The van der Waals surface area contributed by atoms with Crippen molar-refractivity contribution in [3.05, 3.63) is 29.8 Å². The molecule has 200 valence electrons. The summed E-state index contributed by atoms with van der Waals surface area (Å²) < 4.78 is 0. The number of rotatable bonds is 15. The van der Waals surface area contributed by atoms with Crippen LogP contribution in [-0.2, 0) is 30.4 Å². The number of phenolic OH excluding ortho intramolecular Hbond substituents is 1. The van der Waals surface area contributed by atoms with Crippen molar-refractivity contribution in [1.82, 2.24) is 16.0 Å². The molecule has 0 aliphatic carbocycles. The monoisotopic (exact) mass is 526 g/mol. The van der Waals surface area contributed by atoms with E-state index < -0.39 is 53.8 Å². The largest absolute Gasteiger partial charge is 0.508 e. The highest BCUT2D eigenvalue weighted by molar-refractivity contribution is 7.80. The number of hydrogen-bond acceptors (Lipinski definition) is 8. The van der Waals surface area contributed by atoms with Crippen molar-refractivity contribution in [3.63, 3.8) is 0 Å². The minimum absolute atomic E-state index is 0.0166. The Kier molecular flexibility index (Phi) is 12.7. The molecular weight excluding hydrogens is 492 g/mol. The number of phenols is 1. The molecule has 0 aliphatic rings. The van der Waals surface area contributed by atoms with Crippen LogP contribution < -0.4 is 21.7 Å². The molecule has 1 aromatic rings. The fourth-order valence-corrected chi connectivity index (χ4v) is 3.43. The average molecular weight is 527 g/mol. The quantitative estimate of drug-likeness (QED) is 0.140. The summed E-state index contributed by atoms with van der Waals surface area (Å²) in [7, 11) is 0. The van der Waals surface area contributed by atoms with E-state index in [1.54, 1.807) is 13.8 Å². The van der Waals surface area contributed by atoms with Gasteiger partial charge in [-0.2, -0.15) is 12.6 Å². The molecule has 13 heteroatoms. The second-order valence-electron chi connectivity index (χ2n) is 8.42. The zero-order valence-electron chi connectivity index (χ0n) is 20.1. The Labute approximate surface area is 214 Å². The summed E-state index contributed by atoms with van der Waals surface area (Å²) in [6.07, 6.45) is -0.0207. The molecule has 36 heavy (non-hydrogen) atoms. The lowest BCUT2D eigenvalue weighted by Gasteiger charge is -2.27. The Morgan fingerprint density at radius 1 is 0.944 bits per heavy atom. The molecule has 0 aliphatic heterocycles. The molecule has 5 unspecified atom stereocenters. The van der Waals surface area contributed by atoms with Crippen molar-refractivity contribution in [2.24, 2.45) is 11.7 Å². The van der Waals surface area contributed by atoms with Gasteiger partial charge in [0.05, 0.1) is 6.04 Å². The van der Waals surface area contributed by atoms with E-state index in [1.807, 2.05) is 0 Å². The van der Waals surface area contributed by atoms with Gasteiger partial charge in [-0.3, -0.25) is 19.2 Å². The van der Waals surface area contributed by atoms with E-state index in [-0.39, 0.29) is 36.7 Å². The number of carbonyl (C=O) groups excluding carboxylic acids is 3. The van der Waals surface area contributed by atoms with Crippen LogP contribution in [0.3, 0.4) is 0 Å². The summed E-state index contributed by atoms with van der Waals surface area (Å²) >= 11 is 4.07. The number of aromatic hydroxyl groups is 1. The van der Waals surface area contributed by atoms with Gasteiger partial charge in [0.25, 0.3) is 0 Å². The number of nitrogens with two attached hydrogens (primary N) is 1. The fraction of sp³-hybridized carbons (Fsp3) is 0.522. The molecule has 0 bridgehead atoms. The van der Waals surface area contributed by atoms with Crippen molar-refractivity contribution >= 4 is 42.3 Å². The number of hydrogen-bond donors (Lipinski definition) is 8. The van der Waals surface area contributed by atoms with Gasteiger partial charge in [0, 0.05) is 18.6 Å². The molecular formula is C23H34N4O8S. The van der Waals surface area contributed by atoms with Crippen molar-refractivity contribution in [3.8, 4) is 5.75 Å². The molecule has 3 amide bonds. The van der Waals surface area contributed by atoms with E-state index in [2.05, 4.69) is 28.6 Å². The van der Waals surface area contributed by atoms with Crippen molar-refractivity contribution in [2.45, 2.75) is 63.7 Å². The van der Waals surface area contributed by atoms with Crippen LogP contribution in [0, 0.1) is 5.92 Å². The summed E-state index contributed by atoms with van der Waals surface area (Å²) in [5.74, 6) is -5.07. The normalized spacial score (nSPS) is 15.0. The Morgan fingerprint density at radius 2 is 1.53 bits per heavy atom. The summed E-state index contributed by atoms with van der Waals surface area (Å²) in [5.41, 5.74) is 6.25. The first kappa shape index (κ1) is 30.7. The van der Waals surface area contributed by atoms with Crippen LogP contribution in [0.1, 0.15) is 38.7 Å². The maximum atomic E-state index is 13.0. The lowest BCUT2D eigenvalue weighted by atomic mass is 9.97. The Bertz CT molecular complexity index is 927. The van der Waals surface area contributed by atoms with Gasteiger partial charge in [-0.1, -0.05) is 32.4 Å². The second-order valence-corrected chi connectivity index (χ2v) is 8.79. The smallest absolute Gasteiger partial charge is 0.326 e. The van der Waals surface area contributed by atoms with E-state index in [1.165, 1.54) is 24.3 Å². The summed E-state index contributed by atoms with van der Waals surface area (Å²) in [6.45, 7) is 3.50. The molecule has 0 saturated heterocycles. The molecule has 0 fully saturated rings. The highest BCUT2D eigenvalue weighted by Gasteiger charge is 2.32. The number of amides is 3. The van der Waals surface area contributed by atoms with E-state index in [0.717, 1.165) is 0 Å². The predicted molar refractivity (Wildman–Crippen MR) is 133 cm³/mol. The van der Waals surface area contributed by atoms with E-state index in [0.29, 0.717) is 12.0 Å². The highest BCUT2D eigenvalue weighted by Crippen LogP contribution is 2.13. The molecule has 1 aromatic carbocycles. The summed E-state index contributed by atoms with van der Waals surface area (Å²) in [6, 6.07) is 1.15. The molecule has 0 radical (unpaired) electrons. The van der Waals surface area contributed by atoms with Crippen LogP contribution in [0.25, 0.3) is 0 Å². The van der Waals surface area contributed by atoms with Crippen LogP contribution in [-0.4, -0.2) is 74.9 Å². The van der Waals surface area contributed by atoms with Crippen molar-refractivity contribution in [1.29, 1.82) is 0 Å². The molecule has 1 rings (SSSR count). The number of carboxylic acids is 2. The van der Waals surface area contributed by atoms with E-state index >= 15 is 0 Å². The van der Waals surface area contributed by atoms with Crippen LogP contribution in [0.15, 0.2) is 24.3 Å². The van der Waals surface area contributed by atoms with Crippen LogP contribution in [0.4, 0.5) is 0 Å². The number of carbonyl (C=O) groups is 5. The standard InChI is InChI=1S/C23H34N4O8S/c1-3-12(2)19(22(33)25-16(23(34)35)10-13-4-6-14(28)7-5-13)27-21(32)17(11-36)26-20(31)15(24)8-9-18(29)30/h4-7,12,15-17,19,28,36H,3,8-11,24H2,1-2H3,(H,25,33)(H,26,31)(H,27,32)(H,29,30)(H,34,35). The number of carboxylic acid groups (broad SMARTS) is 2. The zero-order valence-corrected chi connectivity index (χ0v) is 21.0. The molecule has 0 heterocycles. The van der Waals surface area contributed by atoms with Crippen molar-refractivity contribution < 1.29 is 39.3 Å². The third-order valence-corrected chi connectivity index (χ3v) is 5.97. The van der Waals surface area contributed by atoms with Gasteiger partial charge in [0.1, 0.15) is 23.9 Å². The van der Waals surface area contributed by atoms with E-state index in [9.17, 15) is 34.2 Å². The first-order chi connectivity index (χ1) is 16.9. The van der Waals surface area contributed by atoms with Crippen LogP contribution >= 0.6 is 12.6 Å². The summed E-state index contributed by atoms with van der Waals surface area (Å²) in [5, 5.41) is 35.1. The van der Waals surface area contributed by atoms with Gasteiger partial charge in [0.2, 0.25) is 17.7 Å². The third kappa shape index (κ3) is 10.1. The SMILES string of the molecule is CCC(C)C(NC(=O)C(CS)NC(=O)C(N)CCC(=O)O)C(=O)NC(Cc1ccc(O)cc1)C(=O)O. The third-order valence-electron chi connectivity index (χ3n) is 5.61. The average Bonchev–Trinajstić information content (AvgIpc) is 2.83. The Balaban J connectivity index is 2.91. The van der Waals surface area contributed by atoms with Gasteiger partial charge in [-0.15, -0.1) is 0 Å². The molecule has 0 aromatic heterocycles. The lowest BCUT2D eigenvalue weighted by Crippen LogP contribution is -2.59. The number of thiol groups is 1. The Hall–Kier alpha value is -3.32. The number of benzene rings is 1. The molecule has 5 atom stereocenters. The van der Waals surface area contributed by atoms with Gasteiger partial charge < -0.3 is 37.0 Å². The van der Waals surface area contributed by atoms with Gasteiger partial charge in [-0.05, 0) is 30.0 Å². The first-order valence-corrected chi connectivity index (χ1v) is 12.0. The minimum atomic E-state index is -1.29. The first-order valence-electron chi connectivity index (χ1n) is 11.4. The predicted octanol–water partition coefficient (Wildman–Crippen LogP) is -0.358. The van der Waals surface area contributed by atoms with Crippen LogP contribution in [0.2, 0.25) is 0 Å². The fourth-order valence-electron chi connectivity index (χ4n) is 3.17. The topological polar surface area (TPSA) is 208 Å². The zero-order chi connectivity index (χ0) is 27.4. The molecule has 8 N–H and O–H groups in total. The summed E-state index contributed by atoms with van der Waals surface area (Å²) in [4.78, 5) is 60.6. The second kappa shape index (κ2) is 14.9. The number of aliphatic carboxylic acids is 2. The van der Waals surface area contributed by atoms with Crippen molar-refractivity contribution in [2.75, 3.05) is 5.75 Å². The maximum absolute atomic E-state index is 13.0. The molecule has 0 spiro atoms.